The molecular formula is C21H24N6O3S. The van der Waals surface area contributed by atoms with Crippen LogP contribution in [0.25, 0.3) is 21.9 Å². The highest BCUT2D eigenvalue weighted by Crippen LogP contribution is 2.24. The van der Waals surface area contributed by atoms with Gasteiger partial charge >= 0.3 is 0 Å². The first-order valence-electron chi connectivity index (χ1n) is 9.95. The Morgan fingerprint density at radius 3 is 2.77 bits per heavy atom. The first-order valence-corrected chi connectivity index (χ1v) is 11.4. The number of carbonyl (C=O) groups excluding carboxylic acids is 1. The summed E-state index contributed by atoms with van der Waals surface area (Å²) in [5.41, 5.74) is 2.91. The van der Waals surface area contributed by atoms with Gasteiger partial charge in [-0.25, -0.2) is 17.7 Å². The van der Waals surface area contributed by atoms with Gasteiger partial charge in [-0.2, -0.15) is 5.10 Å². The first kappa shape index (κ1) is 21.0. The molecule has 0 spiro atoms. The molecule has 9 nitrogen and oxygen atoms in total. The molecule has 0 radical (unpaired) electrons. The lowest BCUT2D eigenvalue weighted by molar-refractivity contribution is -0.116. The molecule has 0 aliphatic rings. The number of sulfonamides is 1. The zero-order valence-electron chi connectivity index (χ0n) is 17.6. The third-order valence-corrected chi connectivity index (χ3v) is 7.03. The molecule has 0 aliphatic heterocycles. The number of hydrogen-bond donors (Lipinski definition) is 2. The SMILES string of the molecule is CCn1c(CCC(=O)Nc2cccc3cn[nH]c23)nc2cc(S(=O)(=O)N(C)C)ccc21. The predicted octanol–water partition coefficient (Wildman–Crippen LogP) is 2.75. The van der Waals surface area contributed by atoms with E-state index in [0.29, 0.717) is 24.2 Å². The molecule has 0 bridgehead atoms. The van der Waals surface area contributed by atoms with Gasteiger partial charge in [0, 0.05) is 38.9 Å². The highest BCUT2D eigenvalue weighted by atomic mass is 32.2. The molecule has 0 saturated heterocycles. The van der Waals surface area contributed by atoms with Gasteiger partial charge < -0.3 is 9.88 Å². The zero-order chi connectivity index (χ0) is 22.2. The second-order valence-electron chi connectivity index (χ2n) is 7.40. The molecule has 2 aromatic carbocycles. The van der Waals surface area contributed by atoms with Crippen LogP contribution in [0, 0.1) is 0 Å². The lowest BCUT2D eigenvalue weighted by atomic mass is 10.2. The van der Waals surface area contributed by atoms with Crippen molar-refractivity contribution in [2.45, 2.75) is 31.2 Å². The van der Waals surface area contributed by atoms with E-state index in [-0.39, 0.29) is 17.2 Å². The molecule has 0 fully saturated rings. The van der Waals surface area contributed by atoms with Gasteiger partial charge in [0.25, 0.3) is 0 Å². The van der Waals surface area contributed by atoms with Gasteiger partial charge in [-0.05, 0) is 31.2 Å². The minimum absolute atomic E-state index is 0.132. The Kier molecular flexibility index (Phi) is 5.50. The van der Waals surface area contributed by atoms with Crippen LogP contribution < -0.4 is 5.32 Å². The van der Waals surface area contributed by atoms with Gasteiger partial charge in [0.05, 0.1) is 33.3 Å². The summed E-state index contributed by atoms with van der Waals surface area (Å²) >= 11 is 0. The van der Waals surface area contributed by atoms with Gasteiger partial charge in [-0.15, -0.1) is 0 Å². The highest BCUT2D eigenvalue weighted by Gasteiger charge is 2.20. The molecule has 2 aromatic heterocycles. The molecule has 2 heterocycles. The third-order valence-electron chi connectivity index (χ3n) is 5.22. The number of nitrogens with one attached hydrogen (secondary N) is 2. The quantitative estimate of drug-likeness (QED) is 0.459. The number of aryl methyl sites for hydroxylation is 2. The number of carbonyl (C=O) groups is 1. The maximum Gasteiger partial charge on any atom is 0.242 e. The van der Waals surface area contributed by atoms with E-state index >= 15 is 0 Å². The largest absolute Gasteiger partial charge is 0.328 e. The van der Waals surface area contributed by atoms with Gasteiger partial charge in [0.15, 0.2) is 0 Å². The monoisotopic (exact) mass is 440 g/mol. The summed E-state index contributed by atoms with van der Waals surface area (Å²) in [6.45, 7) is 2.66. The molecule has 0 saturated carbocycles. The highest BCUT2D eigenvalue weighted by molar-refractivity contribution is 7.89. The van der Waals surface area contributed by atoms with Gasteiger partial charge in [0.2, 0.25) is 15.9 Å². The maximum atomic E-state index is 12.6. The number of rotatable bonds is 7. The molecule has 10 heteroatoms. The van der Waals surface area contributed by atoms with Crippen LogP contribution in [-0.4, -0.2) is 52.5 Å². The van der Waals surface area contributed by atoms with Crippen LogP contribution in [0.1, 0.15) is 19.2 Å². The smallest absolute Gasteiger partial charge is 0.242 e. The normalized spacial score (nSPS) is 12.1. The molecule has 4 rings (SSSR count). The first-order chi connectivity index (χ1) is 14.8. The minimum Gasteiger partial charge on any atom is -0.328 e. The molecule has 162 valence electrons. The molecular weight excluding hydrogens is 416 g/mol. The lowest BCUT2D eigenvalue weighted by Crippen LogP contribution is -2.22. The van der Waals surface area contributed by atoms with Crippen LogP contribution in [0.3, 0.4) is 0 Å². The van der Waals surface area contributed by atoms with Crippen LogP contribution in [0.15, 0.2) is 47.5 Å². The maximum absolute atomic E-state index is 12.6. The van der Waals surface area contributed by atoms with E-state index in [9.17, 15) is 13.2 Å². The number of H-pyrrole nitrogens is 1. The summed E-state index contributed by atoms with van der Waals surface area (Å²) in [5.74, 6) is 0.611. The molecule has 1 amide bonds. The van der Waals surface area contributed by atoms with Crippen molar-refractivity contribution in [1.82, 2.24) is 24.1 Å². The van der Waals surface area contributed by atoms with Crippen LogP contribution in [0.4, 0.5) is 5.69 Å². The standard InChI is InChI=1S/C21H24N6O3S/c1-4-27-18-9-8-15(31(29,30)26(2)3)12-17(18)23-19(27)10-11-20(28)24-16-7-5-6-14-13-22-25-21(14)16/h5-9,12-13H,4,10-11H2,1-3H3,(H,22,25)(H,24,28). The number of nitrogens with zero attached hydrogens (tertiary/aromatic N) is 4. The Morgan fingerprint density at radius 2 is 2.03 bits per heavy atom. The Bertz CT molecular complexity index is 1370. The lowest BCUT2D eigenvalue weighted by Gasteiger charge is -2.11. The summed E-state index contributed by atoms with van der Waals surface area (Å²) in [7, 11) is -0.544. The molecule has 0 atom stereocenters. The fraction of sp³-hybridized carbons (Fsp3) is 0.286. The number of aromatic amines is 1. The van der Waals surface area contributed by atoms with Crippen molar-refractivity contribution >= 4 is 43.6 Å². The average molecular weight is 441 g/mol. The van der Waals surface area contributed by atoms with Crippen molar-refractivity contribution in [3.63, 3.8) is 0 Å². The van der Waals surface area contributed by atoms with Gasteiger partial charge in [0.1, 0.15) is 5.82 Å². The second-order valence-corrected chi connectivity index (χ2v) is 9.55. The molecule has 0 unspecified atom stereocenters. The number of imidazole rings is 1. The fourth-order valence-electron chi connectivity index (χ4n) is 3.59. The molecule has 0 aliphatic carbocycles. The zero-order valence-corrected chi connectivity index (χ0v) is 18.4. The van der Waals surface area contributed by atoms with E-state index in [1.165, 1.54) is 18.4 Å². The van der Waals surface area contributed by atoms with Crippen molar-refractivity contribution in [1.29, 1.82) is 0 Å². The van der Waals surface area contributed by atoms with Crippen LogP contribution in [0.2, 0.25) is 0 Å². The van der Waals surface area contributed by atoms with Crippen molar-refractivity contribution in [2.75, 3.05) is 19.4 Å². The van der Waals surface area contributed by atoms with Crippen molar-refractivity contribution in [3.05, 3.63) is 48.4 Å². The Morgan fingerprint density at radius 1 is 1.23 bits per heavy atom. The van der Waals surface area contributed by atoms with E-state index in [1.54, 1.807) is 24.4 Å². The van der Waals surface area contributed by atoms with E-state index < -0.39 is 10.0 Å². The summed E-state index contributed by atoms with van der Waals surface area (Å²) in [6.07, 6.45) is 2.39. The molecule has 4 aromatic rings. The number of hydrogen-bond acceptors (Lipinski definition) is 5. The van der Waals surface area contributed by atoms with Crippen molar-refractivity contribution in [3.8, 4) is 0 Å². The topological polar surface area (TPSA) is 113 Å². The van der Waals surface area contributed by atoms with Gasteiger partial charge in [-0.3, -0.25) is 9.89 Å². The number of fused-ring (bicyclic) bond motifs is 2. The summed E-state index contributed by atoms with van der Waals surface area (Å²) in [4.78, 5) is 17.4. The number of para-hydroxylation sites is 1. The predicted molar refractivity (Wildman–Crippen MR) is 119 cm³/mol. The van der Waals surface area contributed by atoms with E-state index in [2.05, 4.69) is 20.5 Å². The Labute approximate surface area is 180 Å². The number of anilines is 1. The molecule has 2 N–H and O–H groups in total. The van der Waals surface area contributed by atoms with E-state index in [4.69, 9.17) is 0 Å². The summed E-state index contributed by atoms with van der Waals surface area (Å²) < 4.78 is 28.0. The second kappa shape index (κ2) is 8.12. The van der Waals surface area contributed by atoms with Crippen LogP contribution in [-0.2, 0) is 27.8 Å². The van der Waals surface area contributed by atoms with E-state index in [1.807, 2.05) is 29.7 Å². The van der Waals surface area contributed by atoms with E-state index in [0.717, 1.165) is 22.2 Å². The summed E-state index contributed by atoms with van der Waals surface area (Å²) in [5, 5.41) is 10.8. The fourth-order valence-corrected chi connectivity index (χ4v) is 4.51. The molecule has 31 heavy (non-hydrogen) atoms. The summed E-state index contributed by atoms with van der Waals surface area (Å²) in [6, 6.07) is 10.6. The Balaban J connectivity index is 1.55. The number of amides is 1. The minimum atomic E-state index is -3.54. The average Bonchev–Trinajstić information content (AvgIpc) is 3.36. The number of benzene rings is 2. The van der Waals surface area contributed by atoms with Crippen LogP contribution >= 0.6 is 0 Å². The van der Waals surface area contributed by atoms with Crippen LogP contribution in [0.5, 0.6) is 0 Å². The van der Waals surface area contributed by atoms with Crippen molar-refractivity contribution in [2.24, 2.45) is 0 Å². The third kappa shape index (κ3) is 3.91. The Hall–Kier alpha value is -3.24. The van der Waals surface area contributed by atoms with Crippen molar-refractivity contribution < 1.29 is 13.2 Å². The number of aromatic nitrogens is 4. The van der Waals surface area contributed by atoms with Gasteiger partial charge in [-0.1, -0.05) is 12.1 Å².